The van der Waals surface area contributed by atoms with E-state index in [0.717, 1.165) is 9.26 Å². The molecule has 9 heavy (non-hydrogen) atoms. The molecule has 1 heterocycles. The third-order valence-electron chi connectivity index (χ3n) is 0.881. The Morgan fingerprint density at radius 1 is 1.67 bits per heavy atom. The molecule has 4 heteroatoms. The van der Waals surface area contributed by atoms with Gasteiger partial charge < -0.3 is 0 Å². The Morgan fingerprint density at radius 3 is 2.78 bits per heavy atom. The van der Waals surface area contributed by atoms with Crippen molar-refractivity contribution in [2.24, 2.45) is 0 Å². The number of aromatic nitrogens is 2. The van der Waals surface area contributed by atoms with Gasteiger partial charge in [-0.3, -0.25) is 0 Å². The van der Waals surface area contributed by atoms with Crippen LogP contribution < -0.4 is 0 Å². The molecule has 0 aromatic carbocycles. The van der Waals surface area contributed by atoms with Gasteiger partial charge in [0, 0.05) is 6.20 Å². The van der Waals surface area contributed by atoms with Gasteiger partial charge in [0.1, 0.15) is 3.70 Å². The third-order valence-corrected chi connectivity index (χ3v) is 2.35. The molecule has 0 N–H and O–H groups in total. The van der Waals surface area contributed by atoms with Gasteiger partial charge in [0.05, 0.1) is 0 Å². The number of hydrogen-bond donors (Lipinski definition) is 0. The third kappa shape index (κ3) is 1.86. The lowest BCUT2D eigenvalue weighted by Gasteiger charge is -1.93. The van der Waals surface area contributed by atoms with Crippen molar-refractivity contribution < 1.29 is 0 Å². The fourth-order valence-corrected chi connectivity index (χ4v) is 1.38. The second-order valence-corrected chi connectivity index (χ2v) is 3.34. The summed E-state index contributed by atoms with van der Waals surface area (Å²) in [6.07, 6.45) is 1.79. The van der Waals surface area contributed by atoms with E-state index in [-0.39, 0.29) is 0 Å². The summed E-state index contributed by atoms with van der Waals surface area (Å²) in [5.41, 5.74) is 1.11. The Morgan fingerprint density at radius 2 is 2.33 bits per heavy atom. The topological polar surface area (TPSA) is 25.8 Å². The molecule has 1 aromatic heterocycles. The van der Waals surface area contributed by atoms with Gasteiger partial charge in [-0.05, 0) is 51.0 Å². The molecule has 48 valence electrons. The zero-order valence-corrected chi connectivity index (χ0v) is 8.47. The minimum absolute atomic E-state index is 0.650. The minimum atomic E-state index is 0.650. The summed E-state index contributed by atoms with van der Waals surface area (Å²) in [7, 11) is 0. The SMILES string of the molecule is Cc1cnc(Br)nc1I. The summed E-state index contributed by atoms with van der Waals surface area (Å²) in [5, 5.41) is 0. The van der Waals surface area contributed by atoms with Crippen molar-refractivity contribution in [1.82, 2.24) is 9.97 Å². The van der Waals surface area contributed by atoms with Gasteiger partial charge in [0.15, 0.2) is 4.73 Å². The maximum Gasteiger partial charge on any atom is 0.197 e. The predicted molar refractivity (Wildman–Crippen MR) is 47.2 cm³/mol. The van der Waals surface area contributed by atoms with Crippen LogP contribution in [0.25, 0.3) is 0 Å². The lowest BCUT2D eigenvalue weighted by atomic mass is 10.4. The van der Waals surface area contributed by atoms with Crippen molar-refractivity contribution in [2.45, 2.75) is 6.92 Å². The summed E-state index contributed by atoms with van der Waals surface area (Å²) in [5.74, 6) is 0. The first-order chi connectivity index (χ1) is 4.20. The van der Waals surface area contributed by atoms with Crippen LogP contribution in [0.2, 0.25) is 0 Å². The highest BCUT2D eigenvalue weighted by molar-refractivity contribution is 14.1. The minimum Gasteiger partial charge on any atom is -0.230 e. The molecule has 0 unspecified atom stereocenters. The molecule has 0 saturated heterocycles. The number of halogens is 2. The number of hydrogen-bond acceptors (Lipinski definition) is 2. The molecular weight excluding hydrogens is 295 g/mol. The van der Waals surface area contributed by atoms with Crippen LogP contribution in [-0.4, -0.2) is 9.97 Å². The molecule has 0 bridgehead atoms. The van der Waals surface area contributed by atoms with Crippen LogP contribution in [0.3, 0.4) is 0 Å². The van der Waals surface area contributed by atoms with E-state index in [0.29, 0.717) is 4.73 Å². The van der Waals surface area contributed by atoms with Gasteiger partial charge in [-0.1, -0.05) is 0 Å². The molecule has 2 nitrogen and oxygen atoms in total. The maximum atomic E-state index is 4.07. The quantitative estimate of drug-likeness (QED) is 0.417. The molecule has 1 rings (SSSR count). The van der Waals surface area contributed by atoms with Gasteiger partial charge in [0.2, 0.25) is 0 Å². The summed E-state index contributed by atoms with van der Waals surface area (Å²) >= 11 is 5.34. The molecule has 0 fully saturated rings. The van der Waals surface area contributed by atoms with E-state index in [1.165, 1.54) is 0 Å². The Labute approximate surface area is 75.4 Å². The van der Waals surface area contributed by atoms with E-state index in [2.05, 4.69) is 48.5 Å². The first kappa shape index (κ1) is 7.40. The van der Waals surface area contributed by atoms with Gasteiger partial charge in [-0.2, -0.15) is 0 Å². The zero-order valence-electron chi connectivity index (χ0n) is 4.73. The van der Waals surface area contributed by atoms with Crippen LogP contribution in [0.1, 0.15) is 5.56 Å². The van der Waals surface area contributed by atoms with Crippen molar-refractivity contribution in [3.63, 3.8) is 0 Å². The Hall–Kier alpha value is 0.290. The molecule has 0 spiro atoms. The first-order valence-corrected chi connectivity index (χ1v) is 4.22. The molecule has 0 atom stereocenters. The van der Waals surface area contributed by atoms with Gasteiger partial charge in [-0.25, -0.2) is 9.97 Å². The maximum absolute atomic E-state index is 4.07. The molecule has 0 amide bonds. The zero-order chi connectivity index (χ0) is 6.85. The molecule has 0 aliphatic rings. The standard InChI is InChI=1S/C5H4BrIN2/c1-3-2-8-5(6)9-4(3)7/h2H,1H3. The van der Waals surface area contributed by atoms with Crippen LogP contribution in [0.5, 0.6) is 0 Å². The molecular formula is C5H4BrIN2. The van der Waals surface area contributed by atoms with Crippen LogP contribution in [0, 0.1) is 10.6 Å². The molecule has 0 aliphatic heterocycles. The first-order valence-electron chi connectivity index (χ1n) is 2.35. The smallest absolute Gasteiger partial charge is 0.197 e. The lowest BCUT2D eigenvalue weighted by molar-refractivity contribution is 1.05. The van der Waals surface area contributed by atoms with E-state index < -0.39 is 0 Å². The number of rotatable bonds is 0. The van der Waals surface area contributed by atoms with Crippen molar-refractivity contribution in [1.29, 1.82) is 0 Å². The second-order valence-electron chi connectivity index (χ2n) is 1.61. The summed E-state index contributed by atoms with van der Waals surface area (Å²) < 4.78 is 1.65. The Balaban J connectivity index is 3.17. The summed E-state index contributed by atoms with van der Waals surface area (Å²) in [6.45, 7) is 1.98. The highest BCUT2D eigenvalue weighted by Crippen LogP contribution is 2.09. The van der Waals surface area contributed by atoms with Crippen molar-refractivity contribution in [3.8, 4) is 0 Å². The predicted octanol–water partition coefficient (Wildman–Crippen LogP) is 2.15. The van der Waals surface area contributed by atoms with E-state index >= 15 is 0 Å². The van der Waals surface area contributed by atoms with Gasteiger partial charge in [-0.15, -0.1) is 0 Å². The van der Waals surface area contributed by atoms with E-state index in [4.69, 9.17) is 0 Å². The van der Waals surface area contributed by atoms with Gasteiger partial charge in [0.25, 0.3) is 0 Å². The van der Waals surface area contributed by atoms with Crippen molar-refractivity contribution >= 4 is 38.5 Å². The fourth-order valence-electron chi connectivity index (χ4n) is 0.401. The highest BCUT2D eigenvalue weighted by Gasteiger charge is 1.95. The number of aryl methyl sites for hydroxylation is 1. The average molecular weight is 299 g/mol. The largest absolute Gasteiger partial charge is 0.230 e. The monoisotopic (exact) mass is 298 g/mol. The molecule has 1 aromatic rings. The van der Waals surface area contributed by atoms with Crippen LogP contribution in [0.15, 0.2) is 10.9 Å². The van der Waals surface area contributed by atoms with Crippen LogP contribution in [0.4, 0.5) is 0 Å². The van der Waals surface area contributed by atoms with E-state index in [1.807, 2.05) is 6.92 Å². The molecule has 0 aliphatic carbocycles. The summed E-state index contributed by atoms with van der Waals surface area (Å²) in [6, 6.07) is 0. The fraction of sp³-hybridized carbons (Fsp3) is 0.200. The van der Waals surface area contributed by atoms with E-state index in [1.54, 1.807) is 6.20 Å². The van der Waals surface area contributed by atoms with Gasteiger partial charge >= 0.3 is 0 Å². The number of nitrogens with zero attached hydrogens (tertiary/aromatic N) is 2. The molecule has 0 saturated carbocycles. The Kier molecular flexibility index (Phi) is 2.40. The average Bonchev–Trinajstić information content (AvgIpc) is 1.80. The molecule has 0 radical (unpaired) electrons. The van der Waals surface area contributed by atoms with Crippen molar-refractivity contribution in [2.75, 3.05) is 0 Å². The van der Waals surface area contributed by atoms with Crippen LogP contribution in [-0.2, 0) is 0 Å². The Bertz CT molecular complexity index is 226. The normalized spacial score (nSPS) is 9.67. The summed E-state index contributed by atoms with van der Waals surface area (Å²) in [4.78, 5) is 8.01. The van der Waals surface area contributed by atoms with E-state index in [9.17, 15) is 0 Å². The van der Waals surface area contributed by atoms with Crippen molar-refractivity contribution in [3.05, 3.63) is 20.2 Å². The second kappa shape index (κ2) is 2.92. The lowest BCUT2D eigenvalue weighted by Crippen LogP contribution is -1.88. The van der Waals surface area contributed by atoms with Crippen LogP contribution >= 0.6 is 38.5 Å². The highest BCUT2D eigenvalue weighted by atomic mass is 127.